The Morgan fingerprint density at radius 3 is 2.76 bits per heavy atom. The molecule has 0 fully saturated rings. The predicted octanol–water partition coefficient (Wildman–Crippen LogP) is 3.80. The highest BCUT2D eigenvalue weighted by Gasteiger charge is 2.18. The number of pyridine rings is 1. The lowest BCUT2D eigenvalue weighted by molar-refractivity contribution is 0.454. The number of hydrogen-bond donors (Lipinski definition) is 2. The summed E-state index contributed by atoms with van der Waals surface area (Å²) >= 11 is 3.45. The van der Waals surface area contributed by atoms with Crippen LogP contribution in [-0.2, 0) is 12.8 Å². The number of benzene rings is 1. The Bertz CT molecular complexity index is 700. The quantitative estimate of drug-likeness (QED) is 0.656. The molecule has 1 heterocycles. The molecule has 3 N–H and O–H groups in total. The van der Waals surface area contributed by atoms with Crippen molar-refractivity contribution in [2.45, 2.75) is 25.7 Å². The van der Waals surface area contributed by atoms with Gasteiger partial charge in [0.2, 0.25) is 5.88 Å². The lowest BCUT2D eigenvalue weighted by Crippen LogP contribution is -2.16. The molecule has 0 saturated carbocycles. The number of amidine groups is 1. The Hall–Kier alpha value is -1.88. The first kappa shape index (κ1) is 14.1. The second-order valence-corrected chi connectivity index (χ2v) is 5.95. The number of ether oxygens (including phenoxy) is 1. The number of hydrogen-bond acceptors (Lipinski definition) is 3. The first-order valence-electron chi connectivity index (χ1n) is 6.94. The van der Waals surface area contributed by atoms with Crippen LogP contribution in [0.4, 0.5) is 0 Å². The maximum absolute atomic E-state index is 7.76. The zero-order valence-corrected chi connectivity index (χ0v) is 13.1. The van der Waals surface area contributed by atoms with Crippen LogP contribution in [-0.4, -0.2) is 10.8 Å². The molecular formula is C16H16BrN3O. The van der Waals surface area contributed by atoms with Crippen LogP contribution in [0.5, 0.6) is 11.6 Å². The Morgan fingerprint density at radius 2 is 2.00 bits per heavy atom. The summed E-state index contributed by atoms with van der Waals surface area (Å²) in [5.41, 5.74) is 8.50. The number of nitrogens with one attached hydrogen (secondary N) is 1. The van der Waals surface area contributed by atoms with Crippen molar-refractivity contribution in [1.29, 1.82) is 5.41 Å². The van der Waals surface area contributed by atoms with E-state index >= 15 is 0 Å². The summed E-state index contributed by atoms with van der Waals surface area (Å²) in [6.07, 6.45) is 4.27. The van der Waals surface area contributed by atoms with Crippen LogP contribution in [0.2, 0.25) is 0 Å². The highest BCUT2D eigenvalue weighted by Crippen LogP contribution is 2.32. The van der Waals surface area contributed by atoms with E-state index in [4.69, 9.17) is 15.9 Å². The van der Waals surface area contributed by atoms with E-state index in [0.717, 1.165) is 35.8 Å². The number of rotatable bonds is 3. The number of halogens is 1. The van der Waals surface area contributed by atoms with Crippen molar-refractivity contribution in [1.82, 2.24) is 4.98 Å². The van der Waals surface area contributed by atoms with E-state index in [1.54, 1.807) is 0 Å². The molecule has 0 saturated heterocycles. The minimum absolute atomic E-state index is 0.0158. The molecule has 1 aromatic carbocycles. The number of fused-ring (bicyclic) bond motifs is 1. The van der Waals surface area contributed by atoms with Crippen LogP contribution in [0.3, 0.4) is 0 Å². The van der Waals surface area contributed by atoms with Crippen molar-refractivity contribution in [3.8, 4) is 11.6 Å². The SMILES string of the molecule is N=C(N)c1cc2c(nc1Oc1ccccc1Br)CCCC2. The molecule has 4 nitrogen and oxygen atoms in total. The number of nitrogens with zero attached hydrogens (tertiary/aromatic N) is 1. The van der Waals surface area contributed by atoms with Crippen LogP contribution in [0.25, 0.3) is 0 Å². The Kier molecular flexibility index (Phi) is 3.92. The van der Waals surface area contributed by atoms with Gasteiger partial charge in [-0.15, -0.1) is 0 Å². The van der Waals surface area contributed by atoms with Gasteiger partial charge in [0.25, 0.3) is 0 Å². The van der Waals surface area contributed by atoms with Gasteiger partial charge in [0.15, 0.2) is 0 Å². The van der Waals surface area contributed by atoms with E-state index in [1.807, 2.05) is 30.3 Å². The van der Waals surface area contributed by atoms with Gasteiger partial charge in [-0.25, -0.2) is 4.98 Å². The van der Waals surface area contributed by atoms with Gasteiger partial charge in [-0.1, -0.05) is 12.1 Å². The zero-order chi connectivity index (χ0) is 14.8. The Balaban J connectivity index is 2.04. The number of para-hydroxylation sites is 1. The predicted molar refractivity (Wildman–Crippen MR) is 86.1 cm³/mol. The Morgan fingerprint density at radius 1 is 1.24 bits per heavy atom. The molecule has 3 rings (SSSR count). The monoisotopic (exact) mass is 345 g/mol. The summed E-state index contributed by atoms with van der Waals surface area (Å²) in [4.78, 5) is 4.61. The van der Waals surface area contributed by atoms with Crippen LogP contribution in [0.1, 0.15) is 29.7 Å². The van der Waals surface area contributed by atoms with Gasteiger partial charge in [0.1, 0.15) is 11.6 Å². The maximum atomic E-state index is 7.76. The van der Waals surface area contributed by atoms with Crippen LogP contribution >= 0.6 is 15.9 Å². The summed E-state index contributed by atoms with van der Waals surface area (Å²) < 4.78 is 6.74. The minimum atomic E-state index is -0.0158. The largest absolute Gasteiger partial charge is 0.437 e. The van der Waals surface area contributed by atoms with Crippen LogP contribution < -0.4 is 10.5 Å². The van der Waals surface area contributed by atoms with Crippen molar-refractivity contribution in [3.63, 3.8) is 0 Å². The molecule has 0 unspecified atom stereocenters. The zero-order valence-electron chi connectivity index (χ0n) is 11.5. The summed E-state index contributed by atoms with van der Waals surface area (Å²) in [5, 5.41) is 7.76. The van der Waals surface area contributed by atoms with Crippen LogP contribution in [0.15, 0.2) is 34.8 Å². The average molecular weight is 346 g/mol. The molecule has 1 aromatic heterocycles. The molecule has 21 heavy (non-hydrogen) atoms. The van der Waals surface area contributed by atoms with Crippen molar-refractivity contribution >= 4 is 21.8 Å². The number of aryl methyl sites for hydroxylation is 2. The number of aromatic nitrogens is 1. The van der Waals surface area contributed by atoms with Crippen LogP contribution in [0, 0.1) is 5.41 Å². The number of nitrogen functional groups attached to an aromatic ring is 1. The molecule has 0 amide bonds. The van der Waals surface area contributed by atoms with Gasteiger partial charge in [0, 0.05) is 5.69 Å². The standard InChI is InChI=1S/C16H16BrN3O/c17-12-6-2-4-8-14(12)21-16-11(15(18)19)9-10-5-1-3-7-13(10)20-16/h2,4,6,8-9H,1,3,5,7H2,(H3,18,19). The van der Waals surface area contributed by atoms with Gasteiger partial charge in [-0.05, 0) is 65.4 Å². The van der Waals surface area contributed by atoms with E-state index in [2.05, 4.69) is 20.9 Å². The molecule has 5 heteroatoms. The number of nitrogens with two attached hydrogens (primary N) is 1. The molecule has 1 aliphatic rings. The van der Waals surface area contributed by atoms with Crippen molar-refractivity contribution in [2.24, 2.45) is 5.73 Å². The highest BCUT2D eigenvalue weighted by molar-refractivity contribution is 9.10. The molecule has 108 valence electrons. The molecular weight excluding hydrogens is 330 g/mol. The fourth-order valence-electron chi connectivity index (χ4n) is 2.52. The highest BCUT2D eigenvalue weighted by atomic mass is 79.9. The fraction of sp³-hybridized carbons (Fsp3) is 0.250. The van der Waals surface area contributed by atoms with Gasteiger partial charge < -0.3 is 10.5 Å². The van der Waals surface area contributed by atoms with Gasteiger partial charge in [-0.3, -0.25) is 5.41 Å². The lowest BCUT2D eigenvalue weighted by atomic mass is 9.95. The van der Waals surface area contributed by atoms with Crippen molar-refractivity contribution < 1.29 is 4.74 Å². The normalized spacial score (nSPS) is 13.6. The van der Waals surface area contributed by atoms with E-state index in [1.165, 1.54) is 5.56 Å². The molecule has 1 aliphatic carbocycles. The second kappa shape index (κ2) is 5.85. The van der Waals surface area contributed by atoms with E-state index in [-0.39, 0.29) is 5.84 Å². The summed E-state index contributed by atoms with van der Waals surface area (Å²) in [6.45, 7) is 0. The van der Waals surface area contributed by atoms with E-state index < -0.39 is 0 Å². The first-order chi connectivity index (χ1) is 10.1. The summed E-state index contributed by atoms with van der Waals surface area (Å²) in [5.74, 6) is 1.07. The molecule has 0 radical (unpaired) electrons. The maximum Gasteiger partial charge on any atom is 0.230 e. The summed E-state index contributed by atoms with van der Waals surface area (Å²) in [6, 6.07) is 9.53. The molecule has 0 bridgehead atoms. The smallest absolute Gasteiger partial charge is 0.230 e. The van der Waals surface area contributed by atoms with Gasteiger partial charge >= 0.3 is 0 Å². The van der Waals surface area contributed by atoms with Crippen molar-refractivity contribution in [3.05, 3.63) is 51.6 Å². The fourth-order valence-corrected chi connectivity index (χ4v) is 2.88. The van der Waals surface area contributed by atoms with Gasteiger partial charge in [0.05, 0.1) is 10.0 Å². The minimum Gasteiger partial charge on any atom is -0.437 e. The second-order valence-electron chi connectivity index (χ2n) is 5.10. The average Bonchev–Trinajstić information content (AvgIpc) is 2.48. The van der Waals surface area contributed by atoms with Crippen molar-refractivity contribution in [2.75, 3.05) is 0 Å². The van der Waals surface area contributed by atoms with E-state index in [0.29, 0.717) is 17.2 Å². The lowest BCUT2D eigenvalue weighted by Gasteiger charge is -2.18. The molecule has 0 spiro atoms. The third kappa shape index (κ3) is 2.93. The van der Waals surface area contributed by atoms with E-state index in [9.17, 15) is 0 Å². The molecule has 0 atom stereocenters. The third-order valence-electron chi connectivity index (χ3n) is 3.60. The Labute approximate surface area is 132 Å². The topological polar surface area (TPSA) is 72.0 Å². The van der Waals surface area contributed by atoms with Gasteiger partial charge in [-0.2, -0.15) is 0 Å². The molecule has 2 aromatic rings. The summed E-state index contributed by atoms with van der Waals surface area (Å²) in [7, 11) is 0. The third-order valence-corrected chi connectivity index (χ3v) is 4.25. The first-order valence-corrected chi connectivity index (χ1v) is 7.74. The molecule has 0 aliphatic heterocycles.